The number of ether oxygens (including phenoxy) is 1. The van der Waals surface area contributed by atoms with Crippen LogP contribution < -0.4 is 21.0 Å². The number of carbonyl (C=O) groups excluding carboxylic acids is 3. The molecular formula is C33H51N8O7P. The van der Waals surface area contributed by atoms with E-state index in [0.29, 0.717) is 12.8 Å². The molecule has 4 N–H and O–H groups in total. The first-order valence-corrected chi connectivity index (χ1v) is 18.1. The molecule has 2 rings (SSSR count). The van der Waals surface area contributed by atoms with E-state index in [1.54, 1.807) is 0 Å². The van der Waals surface area contributed by atoms with Crippen molar-refractivity contribution in [3.8, 4) is 0 Å². The lowest BCUT2D eigenvalue weighted by Crippen LogP contribution is -2.60. The summed E-state index contributed by atoms with van der Waals surface area (Å²) in [6.07, 6.45) is 30.7. The van der Waals surface area contributed by atoms with E-state index in [-0.39, 0.29) is 38.7 Å². The topological polar surface area (TPSA) is 196 Å². The average molecular weight is 703 g/mol. The summed E-state index contributed by atoms with van der Waals surface area (Å²) in [5.74, 6) is -0.143. The summed E-state index contributed by atoms with van der Waals surface area (Å²) in [4.78, 5) is 39.7. The third-order valence-electron chi connectivity index (χ3n) is 7.18. The summed E-state index contributed by atoms with van der Waals surface area (Å²) in [5.41, 5.74) is 8.95. The van der Waals surface area contributed by atoms with Crippen molar-refractivity contribution in [1.29, 1.82) is 0 Å². The lowest BCUT2D eigenvalue weighted by Gasteiger charge is -2.32. The number of azide groups is 1. The van der Waals surface area contributed by atoms with Gasteiger partial charge < -0.3 is 19.9 Å². The van der Waals surface area contributed by atoms with E-state index in [1.165, 1.54) is 12.0 Å². The van der Waals surface area contributed by atoms with Crippen molar-refractivity contribution >= 4 is 25.7 Å². The van der Waals surface area contributed by atoms with Crippen LogP contribution in [0.4, 0.5) is 9.59 Å². The fraction of sp³-hybridized carbons (Fsp3) is 0.545. The van der Waals surface area contributed by atoms with Gasteiger partial charge in [0.05, 0.1) is 25.4 Å². The summed E-state index contributed by atoms with van der Waals surface area (Å²) in [5, 5.41) is 13.7. The standard InChI is InChI=1S/C33H51N8O7P/c1-3-4-5-6-7-8-9-10-11-12-13-14-15-16-17-18-19-20-21-22-30(42)35-23-24-37-49(45,46-2)47-26-29-28(39-40-34)25-31(48-29)41-27-36-32(43)38-33(41)44/h4-5,7-8,10-11,13-14,16-17,19-20,28-29,31H,3,6,9,12,15,18,21-27H2,1-2H3,(H,35,42)(H,37,45)(H2,36,38,43,44)/b5-4-,8-7-,11-10-,14-13-,17-16-,20-19-/t28-,29+,31+,49?/m0/s1. The Morgan fingerprint density at radius 3 is 2.14 bits per heavy atom. The first kappa shape index (κ1) is 41.2. The summed E-state index contributed by atoms with van der Waals surface area (Å²) >= 11 is 0. The maximum atomic E-state index is 13.0. The van der Waals surface area contributed by atoms with E-state index in [0.717, 1.165) is 38.5 Å². The van der Waals surface area contributed by atoms with Crippen molar-refractivity contribution in [3.05, 3.63) is 83.4 Å². The van der Waals surface area contributed by atoms with Crippen molar-refractivity contribution in [2.24, 2.45) is 5.11 Å². The molecule has 2 aliphatic heterocycles. The molecule has 0 spiro atoms. The van der Waals surface area contributed by atoms with Crippen molar-refractivity contribution in [2.45, 2.75) is 83.1 Å². The second-order valence-corrected chi connectivity index (χ2v) is 12.8. The normalized spacial score (nSPS) is 21.3. The third-order valence-corrected chi connectivity index (χ3v) is 8.76. The van der Waals surface area contributed by atoms with E-state index < -0.39 is 38.2 Å². The molecule has 0 aliphatic carbocycles. The highest BCUT2D eigenvalue weighted by Gasteiger charge is 2.42. The Bertz CT molecular complexity index is 1310. The number of imide groups is 1. The molecule has 2 saturated heterocycles. The predicted molar refractivity (Wildman–Crippen MR) is 189 cm³/mol. The monoisotopic (exact) mass is 702 g/mol. The van der Waals surface area contributed by atoms with Gasteiger partial charge in [0, 0.05) is 38.0 Å². The second-order valence-electron chi connectivity index (χ2n) is 10.9. The summed E-state index contributed by atoms with van der Waals surface area (Å²) in [6.45, 7) is 2.09. The van der Waals surface area contributed by atoms with Crippen LogP contribution in [0.1, 0.15) is 64.7 Å². The molecule has 2 heterocycles. The zero-order chi connectivity index (χ0) is 35.6. The molecule has 1 unspecified atom stereocenters. The molecule has 5 amide bonds. The molecule has 2 aliphatic rings. The van der Waals surface area contributed by atoms with Gasteiger partial charge in [-0.2, -0.15) is 0 Å². The minimum atomic E-state index is -3.78. The van der Waals surface area contributed by atoms with Gasteiger partial charge in [0.25, 0.3) is 0 Å². The molecule has 2 fully saturated rings. The molecule has 270 valence electrons. The van der Waals surface area contributed by atoms with Crippen LogP contribution in [0.15, 0.2) is 78.0 Å². The van der Waals surface area contributed by atoms with Crippen molar-refractivity contribution in [3.63, 3.8) is 0 Å². The summed E-state index contributed by atoms with van der Waals surface area (Å²) in [7, 11) is -2.57. The first-order chi connectivity index (χ1) is 23.8. The number of amides is 5. The van der Waals surface area contributed by atoms with Crippen molar-refractivity contribution in [2.75, 3.05) is 33.5 Å². The summed E-state index contributed by atoms with van der Waals surface area (Å²) in [6, 6.07) is -2.00. The molecule has 0 aromatic rings. The highest BCUT2D eigenvalue weighted by Crippen LogP contribution is 2.43. The Morgan fingerprint density at radius 2 is 1.59 bits per heavy atom. The van der Waals surface area contributed by atoms with Crippen LogP contribution in [0.25, 0.3) is 10.4 Å². The number of hydrogen-bond donors (Lipinski definition) is 4. The number of nitrogens with one attached hydrogen (secondary N) is 4. The van der Waals surface area contributed by atoms with Crippen LogP contribution in [0.2, 0.25) is 0 Å². The molecule has 0 aromatic heterocycles. The zero-order valence-electron chi connectivity index (χ0n) is 28.4. The summed E-state index contributed by atoms with van der Waals surface area (Å²) < 4.78 is 29.4. The molecule has 0 aromatic carbocycles. The third kappa shape index (κ3) is 17.8. The zero-order valence-corrected chi connectivity index (χ0v) is 29.3. The number of allylic oxidation sites excluding steroid dienone is 12. The van der Waals surface area contributed by atoms with Crippen molar-refractivity contribution < 1.29 is 32.7 Å². The van der Waals surface area contributed by atoms with Gasteiger partial charge in [-0.15, -0.1) is 0 Å². The first-order valence-electron chi connectivity index (χ1n) is 16.6. The Morgan fingerprint density at radius 1 is 1.00 bits per heavy atom. The quantitative estimate of drug-likeness (QED) is 0.0220. The smallest absolute Gasteiger partial charge is 0.355 e. The number of nitrogens with zero attached hydrogens (tertiary/aromatic N) is 4. The van der Waals surface area contributed by atoms with Crippen LogP contribution in [0, 0.1) is 0 Å². The maximum Gasteiger partial charge on any atom is 0.405 e. The van der Waals surface area contributed by atoms with Gasteiger partial charge in [-0.3, -0.25) is 19.5 Å². The fourth-order valence-electron chi connectivity index (χ4n) is 4.59. The fourth-order valence-corrected chi connectivity index (χ4v) is 5.65. The van der Waals surface area contributed by atoms with Crippen molar-refractivity contribution in [1.82, 2.24) is 25.9 Å². The van der Waals surface area contributed by atoms with Gasteiger partial charge >= 0.3 is 19.8 Å². The SMILES string of the molecule is CC/C=C\C/C=C\C/C=C\C/C=C\C/C=C\C/C=C\CCC(=O)NCCNP(=O)(OC)OC[C@H]1O[C@@H](N2CNC(=O)NC2=O)C[C@@H]1N=[N+]=[N-]. The Hall–Kier alpha value is -3.97. The lowest BCUT2D eigenvalue weighted by molar-refractivity contribution is -0.120. The Kier molecular flexibility index (Phi) is 21.1. The van der Waals surface area contributed by atoms with E-state index >= 15 is 0 Å². The molecule has 0 radical (unpaired) electrons. The van der Waals surface area contributed by atoms with Gasteiger partial charge in [-0.05, 0) is 50.5 Å². The van der Waals surface area contributed by atoms with Gasteiger partial charge in [-0.25, -0.2) is 19.2 Å². The lowest BCUT2D eigenvalue weighted by atomic mass is 10.1. The largest absolute Gasteiger partial charge is 0.405 e. The molecule has 49 heavy (non-hydrogen) atoms. The molecule has 15 nitrogen and oxygen atoms in total. The highest BCUT2D eigenvalue weighted by atomic mass is 31.2. The Labute approximate surface area is 289 Å². The van der Waals surface area contributed by atoms with Crippen LogP contribution in [-0.4, -0.2) is 74.7 Å². The molecule has 16 heteroatoms. The van der Waals surface area contributed by atoms with Crippen LogP contribution in [-0.2, 0) is 23.1 Å². The minimum Gasteiger partial charge on any atom is -0.355 e. The number of rotatable bonds is 24. The molecule has 0 saturated carbocycles. The molecule has 4 atom stereocenters. The van der Waals surface area contributed by atoms with E-state index in [1.807, 2.05) is 12.2 Å². The van der Waals surface area contributed by atoms with E-state index in [2.05, 4.69) is 98.7 Å². The van der Waals surface area contributed by atoms with E-state index in [9.17, 15) is 18.9 Å². The van der Waals surface area contributed by atoms with Gasteiger partial charge in [0.1, 0.15) is 6.23 Å². The number of carbonyl (C=O) groups is 3. The van der Waals surface area contributed by atoms with Gasteiger partial charge in [0.15, 0.2) is 0 Å². The number of hydrogen-bond acceptors (Lipinski definition) is 8. The van der Waals surface area contributed by atoms with Crippen LogP contribution >= 0.6 is 7.75 Å². The van der Waals surface area contributed by atoms with Gasteiger partial charge in [-0.1, -0.05) is 85.0 Å². The Balaban J connectivity index is 1.56. The van der Waals surface area contributed by atoms with Gasteiger partial charge in [0.2, 0.25) is 5.91 Å². The second kappa shape index (κ2) is 25.1. The highest BCUT2D eigenvalue weighted by molar-refractivity contribution is 7.51. The van der Waals surface area contributed by atoms with Crippen LogP contribution in [0.3, 0.4) is 0 Å². The number of urea groups is 2. The molecule has 0 bridgehead atoms. The average Bonchev–Trinajstić information content (AvgIpc) is 3.49. The van der Waals surface area contributed by atoms with E-state index in [4.69, 9.17) is 19.3 Å². The maximum absolute atomic E-state index is 13.0. The predicted octanol–water partition coefficient (Wildman–Crippen LogP) is 6.43. The minimum absolute atomic E-state index is 0.0862. The molecular weight excluding hydrogens is 651 g/mol. The van der Waals surface area contributed by atoms with Crippen LogP contribution in [0.5, 0.6) is 0 Å².